The van der Waals surface area contributed by atoms with Crippen molar-refractivity contribution in [1.29, 1.82) is 0 Å². The molecule has 1 amide bonds. The molecule has 9 heteroatoms. The van der Waals surface area contributed by atoms with Gasteiger partial charge in [0.2, 0.25) is 15.9 Å². The van der Waals surface area contributed by atoms with Gasteiger partial charge in [0.25, 0.3) is 0 Å². The van der Waals surface area contributed by atoms with Crippen molar-refractivity contribution in [2.45, 2.75) is 24.7 Å². The van der Waals surface area contributed by atoms with Crippen molar-refractivity contribution in [3.05, 3.63) is 58.1 Å². The number of thioether (sulfide) groups is 1. The molecule has 0 aliphatic heterocycles. The van der Waals surface area contributed by atoms with Crippen molar-refractivity contribution in [2.75, 3.05) is 29.4 Å². The highest BCUT2D eigenvalue weighted by Crippen LogP contribution is 2.26. The Kier molecular flexibility index (Phi) is 9.14. The highest BCUT2D eigenvalue weighted by atomic mass is 35.5. The Labute approximate surface area is 186 Å². The normalized spacial score (nSPS) is 11.3. The third-order valence-electron chi connectivity index (χ3n) is 4.11. The summed E-state index contributed by atoms with van der Waals surface area (Å²) in [5.41, 5.74) is 1.35. The van der Waals surface area contributed by atoms with Gasteiger partial charge in [-0.25, -0.2) is 8.42 Å². The monoisotopic (exact) mass is 474 g/mol. The van der Waals surface area contributed by atoms with E-state index in [9.17, 15) is 13.2 Å². The van der Waals surface area contributed by atoms with Gasteiger partial charge in [0.05, 0.1) is 11.9 Å². The summed E-state index contributed by atoms with van der Waals surface area (Å²) in [5, 5.41) is 4.02. The molecule has 2 rings (SSSR count). The Bertz CT molecular complexity index is 935. The van der Waals surface area contributed by atoms with Gasteiger partial charge in [0.1, 0.15) is 0 Å². The van der Waals surface area contributed by atoms with Crippen LogP contribution >= 0.6 is 35.0 Å². The van der Waals surface area contributed by atoms with Crippen molar-refractivity contribution in [1.82, 2.24) is 5.32 Å². The number of hydrogen-bond acceptors (Lipinski definition) is 4. The summed E-state index contributed by atoms with van der Waals surface area (Å²) in [6.07, 6.45) is 1.81. The molecule has 0 aliphatic rings. The number of sulfonamides is 1. The molecule has 2 aromatic carbocycles. The van der Waals surface area contributed by atoms with Gasteiger partial charge >= 0.3 is 0 Å². The van der Waals surface area contributed by atoms with Gasteiger partial charge in [-0.05, 0) is 55.3 Å². The topological polar surface area (TPSA) is 66.5 Å². The first kappa shape index (κ1) is 23.9. The van der Waals surface area contributed by atoms with E-state index in [1.54, 1.807) is 30.0 Å². The molecule has 0 aromatic heterocycles. The largest absolute Gasteiger partial charge is 0.355 e. The molecule has 2 aromatic rings. The summed E-state index contributed by atoms with van der Waals surface area (Å²) in [5.74, 6) is 0.642. The third kappa shape index (κ3) is 8.09. The van der Waals surface area contributed by atoms with Crippen LogP contribution in [0.4, 0.5) is 5.69 Å². The van der Waals surface area contributed by atoms with Crippen LogP contribution in [-0.4, -0.2) is 39.4 Å². The number of nitrogens with zero attached hydrogens (tertiary/aromatic N) is 1. The van der Waals surface area contributed by atoms with Crippen LogP contribution in [0.25, 0.3) is 0 Å². The molecule has 0 atom stereocenters. The molecule has 0 fully saturated rings. The first-order valence-electron chi connectivity index (χ1n) is 9.06. The fraction of sp³-hybridized carbons (Fsp3) is 0.350. The number of anilines is 1. The molecule has 158 valence electrons. The lowest BCUT2D eigenvalue weighted by Gasteiger charge is -2.24. The predicted octanol–water partition coefficient (Wildman–Crippen LogP) is 4.76. The van der Waals surface area contributed by atoms with Crippen LogP contribution in [0, 0.1) is 6.92 Å². The Morgan fingerprint density at radius 3 is 2.41 bits per heavy atom. The molecule has 29 heavy (non-hydrogen) atoms. The zero-order chi connectivity index (χ0) is 21.4. The van der Waals surface area contributed by atoms with Gasteiger partial charge in [-0.3, -0.25) is 9.10 Å². The molecule has 0 saturated carbocycles. The van der Waals surface area contributed by atoms with Gasteiger partial charge in [0.15, 0.2) is 0 Å². The average Bonchev–Trinajstić information content (AvgIpc) is 2.65. The molecule has 0 bridgehead atoms. The highest BCUT2D eigenvalue weighted by Gasteiger charge is 2.19. The van der Waals surface area contributed by atoms with E-state index in [2.05, 4.69) is 5.32 Å². The molecule has 0 unspecified atom stereocenters. The van der Waals surface area contributed by atoms with E-state index in [0.717, 1.165) is 22.5 Å². The molecular formula is C20H24Cl2N2O3S2. The lowest BCUT2D eigenvalue weighted by molar-refractivity contribution is -0.121. The SMILES string of the molecule is Cc1ccc(Cl)cc1N(CCCC(=O)NCCSc1ccc(Cl)cc1)S(C)(=O)=O. The van der Waals surface area contributed by atoms with Crippen molar-refractivity contribution in [3.8, 4) is 0 Å². The number of benzene rings is 2. The minimum absolute atomic E-state index is 0.0991. The fourth-order valence-electron chi connectivity index (χ4n) is 2.68. The number of carbonyl (C=O) groups is 1. The second-order valence-electron chi connectivity index (χ2n) is 6.52. The van der Waals surface area contributed by atoms with Gasteiger partial charge in [-0.1, -0.05) is 29.3 Å². The molecule has 0 saturated heterocycles. The maximum atomic E-state index is 12.2. The van der Waals surface area contributed by atoms with E-state index >= 15 is 0 Å². The zero-order valence-corrected chi connectivity index (χ0v) is 19.5. The quantitative estimate of drug-likeness (QED) is 0.398. The van der Waals surface area contributed by atoms with E-state index < -0.39 is 10.0 Å². The lowest BCUT2D eigenvalue weighted by Crippen LogP contribution is -2.33. The van der Waals surface area contributed by atoms with Crippen LogP contribution in [0.2, 0.25) is 10.0 Å². The molecule has 0 heterocycles. The smallest absolute Gasteiger partial charge is 0.232 e. The van der Waals surface area contributed by atoms with Crippen LogP contribution in [0.15, 0.2) is 47.4 Å². The number of rotatable bonds is 10. The van der Waals surface area contributed by atoms with E-state index in [0.29, 0.717) is 28.7 Å². The summed E-state index contributed by atoms with van der Waals surface area (Å²) in [6, 6.07) is 12.7. The molecule has 5 nitrogen and oxygen atoms in total. The van der Waals surface area contributed by atoms with E-state index in [1.165, 1.54) is 4.31 Å². The number of aryl methyl sites for hydroxylation is 1. The highest BCUT2D eigenvalue weighted by molar-refractivity contribution is 7.99. The van der Waals surface area contributed by atoms with Crippen molar-refractivity contribution >= 4 is 56.6 Å². The van der Waals surface area contributed by atoms with E-state index in [4.69, 9.17) is 23.2 Å². The van der Waals surface area contributed by atoms with Crippen LogP contribution in [-0.2, 0) is 14.8 Å². The standard InChI is InChI=1S/C20H24Cl2N2O3S2/c1-15-5-6-17(22)14-19(15)24(29(2,26)27)12-3-4-20(25)23-11-13-28-18-9-7-16(21)8-10-18/h5-10,14H,3-4,11-13H2,1-2H3,(H,23,25). The minimum atomic E-state index is -3.48. The molecule has 0 spiro atoms. The van der Waals surface area contributed by atoms with Crippen LogP contribution in [0.1, 0.15) is 18.4 Å². The van der Waals surface area contributed by atoms with Crippen molar-refractivity contribution in [3.63, 3.8) is 0 Å². The number of halogens is 2. The second-order valence-corrected chi connectivity index (χ2v) is 10.5. The maximum Gasteiger partial charge on any atom is 0.232 e. The number of hydrogen-bond donors (Lipinski definition) is 1. The molecular weight excluding hydrogens is 451 g/mol. The van der Waals surface area contributed by atoms with Crippen LogP contribution in [0.3, 0.4) is 0 Å². The van der Waals surface area contributed by atoms with Crippen LogP contribution in [0.5, 0.6) is 0 Å². The average molecular weight is 475 g/mol. The maximum absolute atomic E-state index is 12.2. The lowest BCUT2D eigenvalue weighted by atomic mass is 10.2. The van der Waals surface area contributed by atoms with Gasteiger partial charge in [0, 0.05) is 40.2 Å². The second kappa shape index (κ2) is 11.1. The van der Waals surface area contributed by atoms with Crippen molar-refractivity contribution in [2.24, 2.45) is 0 Å². The Hall–Kier alpha value is -1.41. The molecule has 0 aliphatic carbocycles. The number of amides is 1. The first-order chi connectivity index (χ1) is 13.7. The summed E-state index contributed by atoms with van der Waals surface area (Å²) in [7, 11) is -3.48. The van der Waals surface area contributed by atoms with E-state index in [1.807, 2.05) is 31.2 Å². The number of nitrogens with one attached hydrogen (secondary N) is 1. The fourth-order valence-corrected chi connectivity index (χ4v) is 4.75. The molecule has 0 radical (unpaired) electrons. The van der Waals surface area contributed by atoms with Crippen molar-refractivity contribution < 1.29 is 13.2 Å². The van der Waals surface area contributed by atoms with E-state index in [-0.39, 0.29) is 18.9 Å². The van der Waals surface area contributed by atoms with Gasteiger partial charge < -0.3 is 5.32 Å². The van der Waals surface area contributed by atoms with Gasteiger partial charge in [-0.15, -0.1) is 11.8 Å². The Morgan fingerprint density at radius 1 is 1.10 bits per heavy atom. The minimum Gasteiger partial charge on any atom is -0.355 e. The summed E-state index contributed by atoms with van der Waals surface area (Å²) in [6.45, 7) is 2.58. The van der Waals surface area contributed by atoms with Gasteiger partial charge in [-0.2, -0.15) is 0 Å². The summed E-state index contributed by atoms with van der Waals surface area (Å²) >= 11 is 13.5. The number of carbonyl (C=O) groups excluding carboxylic acids is 1. The summed E-state index contributed by atoms with van der Waals surface area (Å²) < 4.78 is 25.7. The molecule has 1 N–H and O–H groups in total. The first-order valence-corrected chi connectivity index (χ1v) is 12.6. The third-order valence-corrected chi connectivity index (χ3v) is 6.79. The van der Waals surface area contributed by atoms with Crippen LogP contribution < -0.4 is 9.62 Å². The zero-order valence-electron chi connectivity index (χ0n) is 16.3. The predicted molar refractivity (Wildman–Crippen MR) is 123 cm³/mol. The Morgan fingerprint density at radius 2 is 1.76 bits per heavy atom. The Balaban J connectivity index is 1.79. The summed E-state index contributed by atoms with van der Waals surface area (Å²) in [4.78, 5) is 13.1.